The number of nitrogens with zero attached hydrogens (tertiary/aromatic N) is 1. The molecule has 8 heteroatoms. The fraction of sp³-hybridized carbons (Fsp3) is 0.261. The van der Waals surface area contributed by atoms with Gasteiger partial charge in [-0.1, -0.05) is 30.3 Å². The van der Waals surface area contributed by atoms with Gasteiger partial charge < -0.3 is 25.4 Å². The van der Waals surface area contributed by atoms with E-state index in [0.29, 0.717) is 24.2 Å². The molecule has 2 amide bonds. The molecule has 0 radical (unpaired) electrons. The number of esters is 1. The second kappa shape index (κ2) is 10.4. The summed E-state index contributed by atoms with van der Waals surface area (Å²) in [7, 11) is 1.25. The number of aliphatic hydroxyl groups is 1. The van der Waals surface area contributed by atoms with Crippen LogP contribution >= 0.6 is 0 Å². The molecule has 0 aromatic heterocycles. The van der Waals surface area contributed by atoms with Crippen molar-refractivity contribution in [2.75, 3.05) is 37.4 Å². The fourth-order valence-corrected chi connectivity index (χ4v) is 3.26. The highest BCUT2D eigenvalue weighted by atomic mass is 16.5. The number of hydrogen-bond acceptors (Lipinski definition) is 6. The predicted octanol–water partition coefficient (Wildman–Crippen LogP) is 1.93. The van der Waals surface area contributed by atoms with Gasteiger partial charge in [0.15, 0.2) is 0 Å². The number of carbonyl (C=O) groups excluding carboxylic acids is 3. The van der Waals surface area contributed by atoms with E-state index in [9.17, 15) is 14.4 Å². The first kappa shape index (κ1) is 22.0. The van der Waals surface area contributed by atoms with Crippen molar-refractivity contribution in [2.24, 2.45) is 0 Å². The molecule has 31 heavy (non-hydrogen) atoms. The van der Waals surface area contributed by atoms with E-state index < -0.39 is 5.97 Å². The summed E-state index contributed by atoms with van der Waals surface area (Å²) < 4.78 is 4.77. The smallest absolute Gasteiger partial charge is 0.337 e. The first-order valence-electron chi connectivity index (χ1n) is 9.94. The van der Waals surface area contributed by atoms with Crippen molar-refractivity contribution in [1.29, 1.82) is 0 Å². The number of rotatable bonds is 9. The number of hydrogen-bond donors (Lipinski definition) is 3. The van der Waals surface area contributed by atoms with Crippen molar-refractivity contribution < 1.29 is 24.2 Å². The van der Waals surface area contributed by atoms with E-state index >= 15 is 0 Å². The van der Waals surface area contributed by atoms with Crippen LogP contribution in [-0.4, -0.2) is 54.6 Å². The molecule has 162 valence electrons. The van der Waals surface area contributed by atoms with E-state index in [-0.39, 0.29) is 42.8 Å². The number of benzene rings is 2. The standard InChI is InChI=1S/C23H25N3O5/c1-31-23(30)19-15-26(13-14-27)22(29)21(19)25-18-10-8-17(9-11-18)24-20(28)12-7-16-5-3-2-4-6-16/h2-6,8-11,25,27H,7,12-15H2,1H3,(H,24,28). The summed E-state index contributed by atoms with van der Waals surface area (Å²) in [6.45, 7) is -0.00540. The average molecular weight is 423 g/mol. The summed E-state index contributed by atoms with van der Waals surface area (Å²) in [6.07, 6.45) is 1.03. The van der Waals surface area contributed by atoms with Crippen molar-refractivity contribution in [3.63, 3.8) is 0 Å². The Labute approximate surface area is 180 Å². The van der Waals surface area contributed by atoms with Crippen molar-refractivity contribution in [1.82, 2.24) is 4.90 Å². The van der Waals surface area contributed by atoms with Crippen molar-refractivity contribution in [3.8, 4) is 0 Å². The molecule has 0 saturated carbocycles. The van der Waals surface area contributed by atoms with Gasteiger partial charge >= 0.3 is 5.97 Å². The van der Waals surface area contributed by atoms with Crippen LogP contribution in [-0.2, 0) is 25.5 Å². The largest absolute Gasteiger partial charge is 0.466 e. The first-order valence-corrected chi connectivity index (χ1v) is 9.94. The second-order valence-corrected chi connectivity index (χ2v) is 7.03. The topological polar surface area (TPSA) is 108 Å². The van der Waals surface area contributed by atoms with E-state index in [4.69, 9.17) is 9.84 Å². The summed E-state index contributed by atoms with van der Waals surface area (Å²) in [5.41, 5.74) is 2.64. The van der Waals surface area contributed by atoms with Gasteiger partial charge in [-0.15, -0.1) is 0 Å². The number of methoxy groups -OCH3 is 1. The summed E-state index contributed by atoms with van der Waals surface area (Å²) in [5.74, 6) is -1.07. The lowest BCUT2D eigenvalue weighted by molar-refractivity contribution is -0.136. The predicted molar refractivity (Wildman–Crippen MR) is 116 cm³/mol. The van der Waals surface area contributed by atoms with E-state index in [2.05, 4.69) is 10.6 Å². The van der Waals surface area contributed by atoms with Crippen LogP contribution in [0.15, 0.2) is 65.9 Å². The summed E-state index contributed by atoms with van der Waals surface area (Å²) in [5, 5.41) is 14.9. The minimum absolute atomic E-state index is 0.0734. The molecule has 2 aromatic carbocycles. The summed E-state index contributed by atoms with van der Waals surface area (Å²) in [6, 6.07) is 16.6. The highest BCUT2D eigenvalue weighted by Crippen LogP contribution is 2.23. The normalized spacial score (nSPS) is 13.4. The Hall–Kier alpha value is -3.65. The van der Waals surface area contributed by atoms with E-state index in [1.165, 1.54) is 12.0 Å². The zero-order chi connectivity index (χ0) is 22.2. The molecule has 0 atom stereocenters. The minimum Gasteiger partial charge on any atom is -0.466 e. The molecule has 2 aromatic rings. The third kappa shape index (κ3) is 5.70. The molecular weight excluding hydrogens is 398 g/mol. The number of aryl methyl sites for hydroxylation is 1. The number of amides is 2. The molecule has 8 nitrogen and oxygen atoms in total. The van der Waals surface area contributed by atoms with Crippen LogP contribution < -0.4 is 10.6 Å². The molecule has 1 aliphatic rings. The van der Waals surface area contributed by atoms with Gasteiger partial charge in [0.25, 0.3) is 5.91 Å². The third-order valence-electron chi connectivity index (χ3n) is 4.88. The number of carbonyl (C=O) groups is 3. The molecule has 3 N–H and O–H groups in total. The molecule has 0 saturated heterocycles. The van der Waals surface area contributed by atoms with Crippen LogP contribution in [0.25, 0.3) is 0 Å². The molecular formula is C23H25N3O5. The SMILES string of the molecule is COC(=O)C1=C(Nc2ccc(NC(=O)CCc3ccccc3)cc2)C(=O)N(CCO)C1. The van der Waals surface area contributed by atoms with Crippen LogP contribution in [0.2, 0.25) is 0 Å². The Balaban J connectivity index is 1.62. The van der Waals surface area contributed by atoms with Gasteiger partial charge in [-0.2, -0.15) is 0 Å². The van der Waals surface area contributed by atoms with E-state index in [1.54, 1.807) is 24.3 Å². The van der Waals surface area contributed by atoms with E-state index in [0.717, 1.165) is 5.56 Å². The quantitative estimate of drug-likeness (QED) is 0.532. The number of nitrogens with one attached hydrogen (secondary N) is 2. The molecule has 1 aliphatic heterocycles. The maximum absolute atomic E-state index is 12.6. The molecule has 0 fully saturated rings. The lowest BCUT2D eigenvalue weighted by Crippen LogP contribution is -2.31. The zero-order valence-electron chi connectivity index (χ0n) is 17.3. The van der Waals surface area contributed by atoms with Gasteiger partial charge in [0.2, 0.25) is 5.91 Å². The van der Waals surface area contributed by atoms with Gasteiger partial charge in [-0.25, -0.2) is 4.79 Å². The van der Waals surface area contributed by atoms with Gasteiger partial charge in [-0.3, -0.25) is 9.59 Å². The van der Waals surface area contributed by atoms with Crippen LogP contribution in [0.4, 0.5) is 11.4 Å². The van der Waals surface area contributed by atoms with Crippen LogP contribution in [0.5, 0.6) is 0 Å². The first-order chi connectivity index (χ1) is 15.0. The Morgan fingerprint density at radius 1 is 1.06 bits per heavy atom. The summed E-state index contributed by atoms with van der Waals surface area (Å²) >= 11 is 0. The zero-order valence-corrected chi connectivity index (χ0v) is 17.3. The third-order valence-corrected chi connectivity index (χ3v) is 4.88. The highest BCUT2D eigenvalue weighted by molar-refractivity contribution is 6.08. The van der Waals surface area contributed by atoms with Crippen LogP contribution in [0.1, 0.15) is 12.0 Å². The number of ether oxygens (including phenoxy) is 1. The molecule has 0 spiro atoms. The summed E-state index contributed by atoms with van der Waals surface area (Å²) in [4.78, 5) is 38.2. The number of β-amino-alcohol motifs (C(OH)–C–C–N with tert-alkyl or cyclic N) is 1. The van der Waals surface area contributed by atoms with E-state index in [1.807, 2.05) is 30.3 Å². The highest BCUT2D eigenvalue weighted by Gasteiger charge is 2.34. The Kier molecular flexibility index (Phi) is 7.40. The lowest BCUT2D eigenvalue weighted by Gasteiger charge is -2.15. The average Bonchev–Trinajstić information content (AvgIpc) is 3.09. The van der Waals surface area contributed by atoms with Crippen LogP contribution in [0, 0.1) is 0 Å². The van der Waals surface area contributed by atoms with Crippen LogP contribution in [0.3, 0.4) is 0 Å². The Morgan fingerprint density at radius 2 is 1.74 bits per heavy atom. The van der Waals surface area contributed by atoms with Gasteiger partial charge in [0.1, 0.15) is 5.70 Å². The fourth-order valence-electron chi connectivity index (χ4n) is 3.26. The molecule has 3 rings (SSSR count). The second-order valence-electron chi connectivity index (χ2n) is 7.03. The molecule has 1 heterocycles. The Morgan fingerprint density at radius 3 is 2.39 bits per heavy atom. The number of anilines is 2. The Bertz CT molecular complexity index is 970. The van der Waals surface area contributed by atoms with Crippen molar-refractivity contribution in [3.05, 3.63) is 71.4 Å². The maximum atomic E-state index is 12.6. The van der Waals surface area contributed by atoms with Gasteiger partial charge in [0.05, 0.1) is 25.8 Å². The maximum Gasteiger partial charge on any atom is 0.337 e. The minimum atomic E-state index is -0.599. The molecule has 0 aliphatic carbocycles. The van der Waals surface area contributed by atoms with Crippen molar-refractivity contribution in [2.45, 2.75) is 12.8 Å². The monoisotopic (exact) mass is 423 g/mol. The van der Waals surface area contributed by atoms with Gasteiger partial charge in [0, 0.05) is 24.3 Å². The van der Waals surface area contributed by atoms with Gasteiger partial charge in [-0.05, 0) is 36.2 Å². The molecule has 0 bridgehead atoms. The lowest BCUT2D eigenvalue weighted by atomic mass is 10.1. The number of aliphatic hydroxyl groups excluding tert-OH is 1. The van der Waals surface area contributed by atoms with Crippen molar-refractivity contribution >= 4 is 29.2 Å². The molecule has 0 unspecified atom stereocenters.